The molecule has 0 heterocycles. The summed E-state index contributed by atoms with van der Waals surface area (Å²) in [5.41, 5.74) is 8.12. The molecule has 174 valence electrons. The number of hydrogen-bond acceptors (Lipinski definition) is 5. The normalized spacial score (nSPS) is 15.0. The highest BCUT2D eigenvalue weighted by molar-refractivity contribution is 5.87. The van der Waals surface area contributed by atoms with Gasteiger partial charge in [-0.1, -0.05) is 74.5 Å². The number of aliphatic hydroxyl groups is 1. The van der Waals surface area contributed by atoms with E-state index in [0.717, 1.165) is 11.1 Å². The van der Waals surface area contributed by atoms with Crippen molar-refractivity contribution < 1.29 is 19.8 Å². The Labute approximate surface area is 190 Å². The molecular formula is C25H35N3O4. The van der Waals surface area contributed by atoms with Gasteiger partial charge in [-0.2, -0.15) is 0 Å². The zero-order valence-corrected chi connectivity index (χ0v) is 18.8. The first-order valence-electron chi connectivity index (χ1n) is 11.0. The maximum absolute atomic E-state index is 13.0. The van der Waals surface area contributed by atoms with Crippen molar-refractivity contribution in [3.05, 3.63) is 71.8 Å². The molecule has 7 heteroatoms. The lowest BCUT2D eigenvalue weighted by Gasteiger charge is -2.25. The van der Waals surface area contributed by atoms with Crippen LogP contribution in [-0.2, 0) is 22.4 Å². The van der Waals surface area contributed by atoms with E-state index in [1.54, 1.807) is 0 Å². The molecule has 0 saturated carbocycles. The molecule has 4 atom stereocenters. The van der Waals surface area contributed by atoms with E-state index < -0.39 is 36.1 Å². The van der Waals surface area contributed by atoms with E-state index in [2.05, 4.69) is 10.6 Å². The Hall–Kier alpha value is -2.74. The molecule has 0 bridgehead atoms. The minimum atomic E-state index is -1.06. The van der Waals surface area contributed by atoms with Crippen molar-refractivity contribution in [3.63, 3.8) is 0 Å². The molecule has 0 aliphatic carbocycles. The number of nitrogens with two attached hydrogens (primary N) is 1. The molecule has 0 aromatic heterocycles. The highest BCUT2D eigenvalue weighted by atomic mass is 16.4. The van der Waals surface area contributed by atoms with Crippen LogP contribution in [0.5, 0.6) is 0 Å². The van der Waals surface area contributed by atoms with E-state index in [4.69, 9.17) is 5.73 Å². The molecule has 0 fully saturated rings. The van der Waals surface area contributed by atoms with Gasteiger partial charge in [-0.3, -0.25) is 4.79 Å². The number of nitrogens with one attached hydrogen (secondary N) is 2. The third kappa shape index (κ3) is 8.78. The first-order chi connectivity index (χ1) is 15.3. The number of aliphatic carboxylic acids is 1. The first kappa shape index (κ1) is 25.5. The lowest BCUT2D eigenvalue weighted by molar-refractivity contribution is -0.142. The first-order valence-corrected chi connectivity index (χ1v) is 11.0. The maximum atomic E-state index is 13.0. The number of carbonyl (C=O) groups is 2. The van der Waals surface area contributed by atoms with Crippen LogP contribution in [0.15, 0.2) is 60.7 Å². The fourth-order valence-corrected chi connectivity index (χ4v) is 3.51. The predicted octanol–water partition coefficient (Wildman–Crippen LogP) is 1.73. The van der Waals surface area contributed by atoms with Crippen LogP contribution in [0.25, 0.3) is 0 Å². The van der Waals surface area contributed by atoms with E-state index in [0.29, 0.717) is 19.3 Å². The fraction of sp³-hybridized carbons (Fsp3) is 0.440. The lowest BCUT2D eigenvalue weighted by atomic mass is 10.00. The van der Waals surface area contributed by atoms with Gasteiger partial charge < -0.3 is 26.6 Å². The van der Waals surface area contributed by atoms with Gasteiger partial charge in [0.1, 0.15) is 6.04 Å². The van der Waals surface area contributed by atoms with Crippen LogP contribution in [0, 0.1) is 5.92 Å². The maximum Gasteiger partial charge on any atom is 0.326 e. The van der Waals surface area contributed by atoms with Gasteiger partial charge in [0.2, 0.25) is 5.91 Å². The number of amides is 1. The molecule has 0 aliphatic rings. The molecule has 6 N–H and O–H groups in total. The highest BCUT2D eigenvalue weighted by Crippen LogP contribution is 2.09. The summed E-state index contributed by atoms with van der Waals surface area (Å²) in [7, 11) is 0. The summed E-state index contributed by atoms with van der Waals surface area (Å²) in [4.78, 5) is 24.6. The van der Waals surface area contributed by atoms with Crippen LogP contribution in [0.4, 0.5) is 0 Å². The van der Waals surface area contributed by atoms with E-state index in [1.807, 2.05) is 74.5 Å². The number of hydrogen-bond donors (Lipinski definition) is 5. The zero-order chi connectivity index (χ0) is 23.5. The molecule has 1 amide bonds. The van der Waals surface area contributed by atoms with Gasteiger partial charge in [-0.15, -0.1) is 0 Å². The molecular weight excluding hydrogens is 406 g/mol. The van der Waals surface area contributed by atoms with Crippen molar-refractivity contribution >= 4 is 11.9 Å². The van der Waals surface area contributed by atoms with Gasteiger partial charge in [-0.25, -0.2) is 4.79 Å². The molecule has 2 rings (SSSR count). The van der Waals surface area contributed by atoms with Crippen molar-refractivity contribution in [1.29, 1.82) is 0 Å². The number of carbonyl (C=O) groups excluding carboxylic acids is 1. The van der Waals surface area contributed by atoms with Crippen LogP contribution in [-0.4, -0.2) is 52.9 Å². The smallest absolute Gasteiger partial charge is 0.326 e. The monoisotopic (exact) mass is 441 g/mol. The number of aliphatic hydroxyl groups excluding tert-OH is 1. The van der Waals surface area contributed by atoms with Crippen LogP contribution < -0.4 is 16.4 Å². The SMILES string of the molecule is CC(C)C[C@H](NC(=O)[C@H](Cc1ccccc1)NCC(O)C(N)Cc1ccccc1)C(=O)O. The molecule has 0 aliphatic heterocycles. The number of carboxylic acids is 1. The Bertz CT molecular complexity index is 830. The van der Waals surface area contributed by atoms with Crippen molar-refractivity contribution in [2.45, 2.75) is 57.3 Å². The summed E-state index contributed by atoms with van der Waals surface area (Å²) < 4.78 is 0. The van der Waals surface area contributed by atoms with Crippen molar-refractivity contribution in [2.24, 2.45) is 11.7 Å². The second-order valence-corrected chi connectivity index (χ2v) is 8.60. The molecule has 2 unspecified atom stereocenters. The Morgan fingerprint density at radius 3 is 1.94 bits per heavy atom. The van der Waals surface area contributed by atoms with Gasteiger partial charge in [-0.05, 0) is 36.3 Å². The molecule has 0 radical (unpaired) electrons. The van der Waals surface area contributed by atoms with Crippen molar-refractivity contribution in [2.75, 3.05) is 6.54 Å². The zero-order valence-electron chi connectivity index (χ0n) is 18.8. The van der Waals surface area contributed by atoms with Gasteiger partial charge >= 0.3 is 5.97 Å². The minimum Gasteiger partial charge on any atom is -0.480 e. The molecule has 2 aromatic rings. The number of carboxylic acid groups (broad SMARTS) is 1. The van der Waals surface area contributed by atoms with Crippen LogP contribution >= 0.6 is 0 Å². The largest absolute Gasteiger partial charge is 0.480 e. The molecule has 2 aromatic carbocycles. The molecule has 0 spiro atoms. The minimum absolute atomic E-state index is 0.112. The number of benzene rings is 2. The highest BCUT2D eigenvalue weighted by Gasteiger charge is 2.27. The average molecular weight is 442 g/mol. The van der Waals surface area contributed by atoms with Crippen LogP contribution in [0.3, 0.4) is 0 Å². The van der Waals surface area contributed by atoms with Crippen LogP contribution in [0.1, 0.15) is 31.4 Å². The summed E-state index contributed by atoms with van der Waals surface area (Å²) in [6.07, 6.45) is 0.340. The Morgan fingerprint density at radius 1 is 0.906 bits per heavy atom. The molecule has 32 heavy (non-hydrogen) atoms. The lowest BCUT2D eigenvalue weighted by Crippen LogP contribution is -2.54. The van der Waals surface area contributed by atoms with Crippen molar-refractivity contribution in [3.8, 4) is 0 Å². The predicted molar refractivity (Wildman–Crippen MR) is 125 cm³/mol. The third-order valence-electron chi connectivity index (χ3n) is 5.30. The van der Waals surface area contributed by atoms with Gasteiger partial charge in [0.15, 0.2) is 0 Å². The Morgan fingerprint density at radius 2 is 1.44 bits per heavy atom. The van der Waals surface area contributed by atoms with Gasteiger partial charge in [0, 0.05) is 12.6 Å². The van der Waals surface area contributed by atoms with E-state index >= 15 is 0 Å². The summed E-state index contributed by atoms with van der Waals surface area (Å²) in [6.45, 7) is 3.93. The summed E-state index contributed by atoms with van der Waals surface area (Å²) in [5.74, 6) is -1.35. The topological polar surface area (TPSA) is 125 Å². The standard InChI is InChI=1S/C25H35N3O4/c1-17(2)13-22(25(31)32)28-24(30)21(15-19-11-7-4-8-12-19)27-16-23(29)20(26)14-18-9-5-3-6-10-18/h3-12,17,20-23,27,29H,13-16,26H2,1-2H3,(H,28,30)(H,31,32)/t20?,21-,22-,23?/m0/s1. The van der Waals surface area contributed by atoms with Gasteiger partial charge in [0.25, 0.3) is 0 Å². The van der Waals surface area contributed by atoms with E-state index in [1.165, 1.54) is 0 Å². The number of rotatable bonds is 13. The fourth-order valence-electron chi connectivity index (χ4n) is 3.51. The second-order valence-electron chi connectivity index (χ2n) is 8.60. The summed E-state index contributed by atoms with van der Waals surface area (Å²) in [5, 5.41) is 25.8. The Kier molecular flexibility index (Phi) is 10.3. The van der Waals surface area contributed by atoms with Crippen molar-refractivity contribution in [1.82, 2.24) is 10.6 Å². The van der Waals surface area contributed by atoms with Gasteiger partial charge in [0.05, 0.1) is 12.1 Å². The average Bonchev–Trinajstić information content (AvgIpc) is 2.76. The summed E-state index contributed by atoms with van der Waals surface area (Å²) >= 11 is 0. The van der Waals surface area contributed by atoms with Crippen LogP contribution in [0.2, 0.25) is 0 Å². The molecule has 7 nitrogen and oxygen atoms in total. The summed E-state index contributed by atoms with van der Waals surface area (Å²) in [6, 6.07) is 17.0. The quantitative estimate of drug-likeness (QED) is 0.322. The second kappa shape index (κ2) is 13.0. The third-order valence-corrected chi connectivity index (χ3v) is 5.30. The molecule has 0 saturated heterocycles. The van der Waals surface area contributed by atoms with E-state index in [-0.39, 0.29) is 12.5 Å². The Balaban J connectivity index is 2.03. The van der Waals surface area contributed by atoms with E-state index in [9.17, 15) is 19.8 Å².